The van der Waals surface area contributed by atoms with Crippen molar-refractivity contribution in [3.8, 4) is 17.2 Å². The topological polar surface area (TPSA) is 70.4 Å². The molecule has 1 aromatic heterocycles. The first-order valence-corrected chi connectivity index (χ1v) is 6.66. The van der Waals surface area contributed by atoms with E-state index >= 15 is 0 Å². The maximum atomic E-state index is 5.77. The Kier molecular flexibility index (Phi) is 5.39. The number of ether oxygens (including phenoxy) is 3. The molecule has 1 heterocycles. The van der Waals surface area contributed by atoms with Crippen LogP contribution in [0.2, 0.25) is 0 Å². The Balaban J connectivity index is 1.96. The Morgan fingerprint density at radius 3 is 2.52 bits per heavy atom. The van der Waals surface area contributed by atoms with Crippen molar-refractivity contribution in [1.82, 2.24) is 20.3 Å². The first kappa shape index (κ1) is 15.1. The molecule has 0 bridgehead atoms. The number of hydrogen-bond donors (Lipinski definition) is 1. The molecule has 0 aliphatic rings. The molecular formula is C14H20N4O3. The summed E-state index contributed by atoms with van der Waals surface area (Å²) in [5, 5.41) is 11.1. The van der Waals surface area contributed by atoms with Gasteiger partial charge in [0.05, 0.1) is 26.5 Å². The van der Waals surface area contributed by atoms with Gasteiger partial charge in [-0.25, -0.2) is 4.68 Å². The smallest absolute Gasteiger partial charge is 0.203 e. The molecule has 0 aliphatic heterocycles. The lowest BCUT2D eigenvalue weighted by molar-refractivity contribution is 0.257. The average Bonchev–Trinajstić information content (AvgIpc) is 2.95. The van der Waals surface area contributed by atoms with E-state index in [1.54, 1.807) is 18.9 Å². The number of nitrogens with zero attached hydrogens (tertiary/aromatic N) is 3. The van der Waals surface area contributed by atoms with Crippen LogP contribution >= 0.6 is 0 Å². The summed E-state index contributed by atoms with van der Waals surface area (Å²) in [6, 6.07) is 5.52. The molecule has 2 aromatic rings. The van der Waals surface area contributed by atoms with E-state index in [0.717, 1.165) is 5.69 Å². The monoisotopic (exact) mass is 292 g/mol. The van der Waals surface area contributed by atoms with Crippen LogP contribution in [-0.2, 0) is 13.1 Å². The fourth-order valence-corrected chi connectivity index (χ4v) is 1.91. The minimum atomic E-state index is 0.444. The predicted octanol–water partition coefficient (Wildman–Crippen LogP) is 1.09. The highest BCUT2D eigenvalue weighted by molar-refractivity contribution is 5.51. The highest BCUT2D eigenvalue weighted by Gasteiger charge is 2.11. The van der Waals surface area contributed by atoms with Crippen LogP contribution in [-0.4, -0.2) is 42.9 Å². The SMILES string of the molecule is CNCc1cn(CCOc2c(OC)cccc2OC)nn1. The van der Waals surface area contributed by atoms with Crippen LogP contribution < -0.4 is 19.5 Å². The lowest BCUT2D eigenvalue weighted by Gasteiger charge is -2.13. The van der Waals surface area contributed by atoms with E-state index in [9.17, 15) is 0 Å². The fourth-order valence-electron chi connectivity index (χ4n) is 1.91. The molecule has 0 fully saturated rings. The van der Waals surface area contributed by atoms with E-state index in [1.165, 1.54) is 0 Å². The summed E-state index contributed by atoms with van der Waals surface area (Å²) in [5.41, 5.74) is 0.896. The molecule has 114 valence electrons. The van der Waals surface area contributed by atoms with Crippen molar-refractivity contribution in [2.24, 2.45) is 0 Å². The average molecular weight is 292 g/mol. The van der Waals surface area contributed by atoms with Crippen molar-refractivity contribution in [1.29, 1.82) is 0 Å². The Morgan fingerprint density at radius 2 is 1.90 bits per heavy atom. The second-order valence-corrected chi connectivity index (χ2v) is 4.34. The summed E-state index contributed by atoms with van der Waals surface area (Å²) >= 11 is 0. The first-order chi connectivity index (χ1) is 10.3. The highest BCUT2D eigenvalue weighted by atomic mass is 16.5. The van der Waals surface area contributed by atoms with Crippen LogP contribution in [0.1, 0.15) is 5.69 Å². The molecular weight excluding hydrogens is 272 g/mol. The summed E-state index contributed by atoms with van der Waals surface area (Å²) in [4.78, 5) is 0. The molecule has 0 saturated carbocycles. The van der Waals surface area contributed by atoms with E-state index in [2.05, 4.69) is 15.6 Å². The summed E-state index contributed by atoms with van der Waals surface area (Å²) in [6.45, 7) is 1.73. The molecule has 7 heteroatoms. The fraction of sp³-hybridized carbons (Fsp3) is 0.429. The molecule has 21 heavy (non-hydrogen) atoms. The van der Waals surface area contributed by atoms with E-state index < -0.39 is 0 Å². The summed E-state index contributed by atoms with van der Waals surface area (Å²) < 4.78 is 18.1. The van der Waals surface area contributed by atoms with Crippen LogP contribution in [0.25, 0.3) is 0 Å². The second-order valence-electron chi connectivity index (χ2n) is 4.34. The zero-order valence-electron chi connectivity index (χ0n) is 12.5. The van der Waals surface area contributed by atoms with Gasteiger partial charge in [-0.1, -0.05) is 11.3 Å². The molecule has 2 rings (SSSR count). The molecule has 0 radical (unpaired) electrons. The Hall–Kier alpha value is -2.28. The molecule has 0 unspecified atom stereocenters. The van der Waals surface area contributed by atoms with Gasteiger partial charge >= 0.3 is 0 Å². The minimum Gasteiger partial charge on any atom is -0.493 e. The highest BCUT2D eigenvalue weighted by Crippen LogP contribution is 2.36. The number of para-hydroxylation sites is 1. The third-order valence-corrected chi connectivity index (χ3v) is 2.89. The molecule has 0 atom stereocenters. The van der Waals surface area contributed by atoms with Crippen molar-refractivity contribution < 1.29 is 14.2 Å². The van der Waals surface area contributed by atoms with Crippen LogP contribution in [0.15, 0.2) is 24.4 Å². The number of methoxy groups -OCH3 is 2. The lowest BCUT2D eigenvalue weighted by atomic mass is 10.3. The molecule has 0 amide bonds. The molecule has 0 spiro atoms. The van der Waals surface area contributed by atoms with Gasteiger partial charge in [-0.3, -0.25) is 0 Å². The van der Waals surface area contributed by atoms with Crippen LogP contribution in [0.3, 0.4) is 0 Å². The lowest BCUT2D eigenvalue weighted by Crippen LogP contribution is -2.10. The van der Waals surface area contributed by atoms with Gasteiger partial charge in [0.15, 0.2) is 11.5 Å². The molecule has 1 aromatic carbocycles. The Bertz CT molecular complexity index is 549. The number of benzene rings is 1. The van der Waals surface area contributed by atoms with E-state index in [-0.39, 0.29) is 0 Å². The van der Waals surface area contributed by atoms with Gasteiger partial charge in [-0.05, 0) is 19.2 Å². The maximum absolute atomic E-state index is 5.77. The van der Waals surface area contributed by atoms with Crippen molar-refractivity contribution in [2.75, 3.05) is 27.9 Å². The van der Waals surface area contributed by atoms with Crippen LogP contribution in [0.4, 0.5) is 0 Å². The van der Waals surface area contributed by atoms with Gasteiger partial charge in [0.1, 0.15) is 6.61 Å². The van der Waals surface area contributed by atoms with Crippen LogP contribution in [0.5, 0.6) is 17.2 Å². The first-order valence-electron chi connectivity index (χ1n) is 6.66. The third-order valence-electron chi connectivity index (χ3n) is 2.89. The summed E-state index contributed by atoms with van der Waals surface area (Å²) in [6.07, 6.45) is 1.89. The summed E-state index contributed by atoms with van der Waals surface area (Å²) in [7, 11) is 5.07. The Morgan fingerprint density at radius 1 is 1.19 bits per heavy atom. The van der Waals surface area contributed by atoms with E-state index in [0.29, 0.717) is 36.9 Å². The third kappa shape index (κ3) is 3.85. The van der Waals surface area contributed by atoms with Gasteiger partial charge in [-0.2, -0.15) is 0 Å². The molecule has 1 N–H and O–H groups in total. The zero-order valence-corrected chi connectivity index (χ0v) is 12.5. The normalized spacial score (nSPS) is 10.4. The van der Waals surface area contributed by atoms with Gasteiger partial charge in [0.25, 0.3) is 0 Å². The molecule has 0 aliphatic carbocycles. The van der Waals surface area contributed by atoms with Crippen molar-refractivity contribution >= 4 is 0 Å². The number of nitrogens with one attached hydrogen (secondary N) is 1. The predicted molar refractivity (Wildman–Crippen MR) is 77.8 cm³/mol. The summed E-state index contributed by atoms with van der Waals surface area (Å²) in [5.74, 6) is 1.88. The number of aromatic nitrogens is 3. The zero-order chi connectivity index (χ0) is 15.1. The second kappa shape index (κ2) is 7.49. The van der Waals surface area contributed by atoms with Gasteiger partial charge in [0.2, 0.25) is 5.75 Å². The van der Waals surface area contributed by atoms with Crippen molar-refractivity contribution in [2.45, 2.75) is 13.1 Å². The molecule has 7 nitrogen and oxygen atoms in total. The van der Waals surface area contributed by atoms with Gasteiger partial charge in [-0.15, -0.1) is 5.10 Å². The largest absolute Gasteiger partial charge is 0.493 e. The van der Waals surface area contributed by atoms with Crippen molar-refractivity contribution in [3.63, 3.8) is 0 Å². The standard InChI is InChI=1S/C14H20N4O3/c1-15-9-11-10-18(17-16-11)7-8-21-14-12(19-2)5-4-6-13(14)20-3/h4-6,10,15H,7-9H2,1-3H3. The van der Waals surface area contributed by atoms with Crippen LogP contribution in [0, 0.1) is 0 Å². The van der Waals surface area contributed by atoms with Crippen molar-refractivity contribution in [3.05, 3.63) is 30.1 Å². The number of rotatable bonds is 8. The van der Waals surface area contributed by atoms with E-state index in [1.807, 2.05) is 31.4 Å². The molecule has 0 saturated heterocycles. The quantitative estimate of drug-likeness (QED) is 0.785. The maximum Gasteiger partial charge on any atom is 0.203 e. The minimum absolute atomic E-state index is 0.444. The van der Waals surface area contributed by atoms with E-state index in [4.69, 9.17) is 14.2 Å². The van der Waals surface area contributed by atoms with Gasteiger partial charge in [0, 0.05) is 12.7 Å². The number of hydrogen-bond acceptors (Lipinski definition) is 6. The van der Waals surface area contributed by atoms with Gasteiger partial charge < -0.3 is 19.5 Å². The Labute approximate surface area is 123 Å².